The minimum absolute atomic E-state index is 0. The number of fused-ring (bicyclic) bond motifs is 12. The average Bonchev–Trinajstić information content (AvgIpc) is 3.89. The monoisotopic (exact) mass is 872 g/mol. The summed E-state index contributed by atoms with van der Waals surface area (Å²) in [6, 6.07) is 57.1. The van der Waals surface area contributed by atoms with Crippen molar-refractivity contribution in [3.8, 4) is 45.1 Å². The number of hydrogen-bond acceptors (Lipinski definition) is 4. The molecule has 0 N–H and O–H groups in total. The number of hydrogen-bond donors (Lipinski definition) is 0. The second-order valence-corrected chi connectivity index (χ2v) is 13.1. The Bertz CT molecular complexity index is 3190. The number of benzene rings is 6. The zero-order valence-corrected chi connectivity index (χ0v) is 30.8. The molecule has 6 aromatic carbocycles. The second-order valence-electron chi connectivity index (χ2n) is 13.1. The van der Waals surface area contributed by atoms with Crippen molar-refractivity contribution >= 4 is 54.8 Å². The first-order valence-electron chi connectivity index (χ1n) is 17.5. The maximum absolute atomic E-state index is 6.57. The summed E-state index contributed by atoms with van der Waals surface area (Å²) in [6.45, 7) is 0. The molecule has 0 fully saturated rings. The van der Waals surface area contributed by atoms with Crippen molar-refractivity contribution in [3.05, 3.63) is 176 Å². The Kier molecular flexibility index (Phi) is 7.60. The number of ether oxygens (including phenoxy) is 1. The van der Waals surface area contributed by atoms with E-state index in [1.54, 1.807) is 0 Å². The van der Waals surface area contributed by atoms with Crippen molar-refractivity contribution in [2.24, 2.45) is 0 Å². The van der Waals surface area contributed by atoms with E-state index in [9.17, 15) is 0 Å². The summed E-state index contributed by atoms with van der Waals surface area (Å²) >= 11 is 0. The molecular formula is C47H27N5OPt. The molecule has 5 aromatic heterocycles. The fourth-order valence-electron chi connectivity index (χ4n) is 7.67. The quantitative estimate of drug-likeness (QED) is 0.128. The van der Waals surface area contributed by atoms with E-state index in [0.29, 0.717) is 11.5 Å². The van der Waals surface area contributed by atoms with E-state index in [1.165, 1.54) is 5.56 Å². The number of nitrogens with zero attached hydrogens (tertiary/aromatic N) is 5. The molecule has 0 saturated heterocycles. The Morgan fingerprint density at radius 1 is 0.444 bits per heavy atom. The Balaban J connectivity index is 0.00000361. The standard InChI is InChI=1S/C47H27N5O.Pt/c1-4-11-30(12-5-1)33-18-21-37-36-22-19-34(26-39(36)46-49-29-44(52(46)42(37)25-33)32-15-8-3-9-16-32)53-35-20-23-38-40(27-35)47-50-28-43(31-13-6-2-7-14-31)51(47)41-17-10-24-48-45(38)41;/h1-25,28-29H;/q-2;+2. The molecule has 0 bridgehead atoms. The van der Waals surface area contributed by atoms with Crippen molar-refractivity contribution in [3.63, 3.8) is 0 Å². The average molecular weight is 873 g/mol. The van der Waals surface area contributed by atoms with Crippen LogP contribution < -0.4 is 4.74 Å². The minimum Gasteiger partial charge on any atom is -0.497 e. The summed E-state index contributed by atoms with van der Waals surface area (Å²) in [4.78, 5) is 14.7. The van der Waals surface area contributed by atoms with E-state index < -0.39 is 0 Å². The first-order chi connectivity index (χ1) is 26.3. The molecule has 11 aromatic rings. The first-order valence-corrected chi connectivity index (χ1v) is 17.5. The van der Waals surface area contributed by atoms with Crippen molar-refractivity contribution in [2.75, 3.05) is 0 Å². The molecule has 0 spiro atoms. The van der Waals surface area contributed by atoms with E-state index in [2.05, 4.69) is 112 Å². The fraction of sp³-hybridized carbons (Fsp3) is 0. The van der Waals surface area contributed by atoms with Crippen LogP contribution >= 0.6 is 0 Å². The van der Waals surface area contributed by atoms with Crippen LogP contribution in [0.3, 0.4) is 0 Å². The summed E-state index contributed by atoms with van der Waals surface area (Å²) < 4.78 is 11.0. The van der Waals surface area contributed by atoms with Crippen molar-refractivity contribution in [1.82, 2.24) is 23.8 Å². The van der Waals surface area contributed by atoms with Gasteiger partial charge in [0.25, 0.3) is 0 Å². The zero-order valence-electron chi connectivity index (χ0n) is 28.5. The number of imidazole rings is 2. The molecule has 0 aliphatic carbocycles. The van der Waals surface area contributed by atoms with E-state index in [1.807, 2.05) is 73.2 Å². The summed E-state index contributed by atoms with van der Waals surface area (Å²) in [5.74, 6) is 1.13. The van der Waals surface area contributed by atoms with Crippen molar-refractivity contribution in [1.29, 1.82) is 0 Å². The molecule has 0 radical (unpaired) electrons. The Morgan fingerprint density at radius 2 is 0.981 bits per heavy atom. The molecule has 54 heavy (non-hydrogen) atoms. The van der Waals surface area contributed by atoms with Gasteiger partial charge in [-0.15, -0.1) is 12.1 Å². The molecule has 0 aliphatic heterocycles. The first kappa shape index (κ1) is 32.1. The summed E-state index contributed by atoms with van der Waals surface area (Å²) in [5, 5.41) is 4.83. The Hall–Kier alpha value is -6.62. The predicted octanol–water partition coefficient (Wildman–Crippen LogP) is 11.4. The minimum atomic E-state index is 0. The number of aromatic nitrogens is 5. The largest absolute Gasteiger partial charge is 2.00 e. The van der Waals surface area contributed by atoms with Crippen LogP contribution in [0.2, 0.25) is 0 Å². The van der Waals surface area contributed by atoms with Gasteiger partial charge in [0, 0.05) is 35.6 Å². The molecule has 6 nitrogen and oxygen atoms in total. The van der Waals surface area contributed by atoms with Crippen LogP contribution in [0.5, 0.6) is 11.5 Å². The maximum Gasteiger partial charge on any atom is 2.00 e. The Labute approximate surface area is 324 Å². The van der Waals surface area contributed by atoms with Gasteiger partial charge in [-0.3, -0.25) is 15.0 Å². The van der Waals surface area contributed by atoms with Gasteiger partial charge in [-0.2, -0.15) is 0 Å². The van der Waals surface area contributed by atoms with Gasteiger partial charge >= 0.3 is 21.1 Å². The molecule has 11 rings (SSSR count). The van der Waals surface area contributed by atoms with Crippen LogP contribution in [0.15, 0.2) is 164 Å². The second kappa shape index (κ2) is 12.8. The van der Waals surface area contributed by atoms with Gasteiger partial charge in [0.05, 0.1) is 33.7 Å². The van der Waals surface area contributed by atoms with Crippen LogP contribution in [-0.4, -0.2) is 23.8 Å². The molecule has 0 atom stereocenters. The van der Waals surface area contributed by atoms with Gasteiger partial charge in [0.15, 0.2) is 0 Å². The third-order valence-corrected chi connectivity index (χ3v) is 10.1. The van der Waals surface area contributed by atoms with Gasteiger partial charge in [-0.05, 0) is 45.8 Å². The number of rotatable bonds is 5. The van der Waals surface area contributed by atoms with E-state index in [4.69, 9.17) is 19.7 Å². The SMILES string of the molecule is [Pt+2].[c-]1c(Oc2[c-]c3c(cc2)c2ncccc2n2c(-c4ccccc4)cnc32)ccc2c1c1ncc(-c3ccccc3)n1c1cc(-c3ccccc3)ccc21. The summed E-state index contributed by atoms with van der Waals surface area (Å²) in [6.07, 6.45) is 5.70. The fourth-order valence-corrected chi connectivity index (χ4v) is 7.67. The van der Waals surface area contributed by atoms with Crippen molar-refractivity contribution in [2.45, 2.75) is 0 Å². The van der Waals surface area contributed by atoms with E-state index in [0.717, 1.165) is 82.9 Å². The van der Waals surface area contributed by atoms with E-state index in [-0.39, 0.29) is 21.1 Å². The molecule has 7 heteroatoms. The molecule has 0 saturated carbocycles. The molecule has 5 heterocycles. The maximum atomic E-state index is 6.57. The Morgan fingerprint density at radius 3 is 1.61 bits per heavy atom. The summed E-state index contributed by atoms with van der Waals surface area (Å²) in [5.41, 5.74) is 11.0. The van der Waals surface area contributed by atoms with Crippen LogP contribution in [0.25, 0.3) is 88.4 Å². The van der Waals surface area contributed by atoms with Gasteiger partial charge in [-0.1, -0.05) is 149 Å². The number of pyridine rings is 3. The smallest absolute Gasteiger partial charge is 0.497 e. The summed E-state index contributed by atoms with van der Waals surface area (Å²) in [7, 11) is 0. The van der Waals surface area contributed by atoms with Crippen LogP contribution in [0.4, 0.5) is 0 Å². The van der Waals surface area contributed by atoms with Gasteiger partial charge in [-0.25, -0.2) is 0 Å². The normalized spacial score (nSPS) is 11.6. The molecule has 0 unspecified atom stereocenters. The van der Waals surface area contributed by atoms with Gasteiger partial charge < -0.3 is 13.5 Å². The molecule has 256 valence electrons. The molecular weight excluding hydrogens is 846 g/mol. The van der Waals surface area contributed by atoms with Crippen LogP contribution in [-0.2, 0) is 21.1 Å². The third kappa shape index (κ3) is 5.02. The molecule has 0 aliphatic rings. The van der Waals surface area contributed by atoms with Gasteiger partial charge in [0.2, 0.25) is 0 Å². The van der Waals surface area contributed by atoms with Gasteiger partial charge in [0.1, 0.15) is 0 Å². The van der Waals surface area contributed by atoms with Crippen molar-refractivity contribution < 1.29 is 25.8 Å². The predicted molar refractivity (Wildman–Crippen MR) is 212 cm³/mol. The third-order valence-electron chi connectivity index (χ3n) is 10.1. The molecule has 0 amide bonds. The van der Waals surface area contributed by atoms with Crippen LogP contribution in [0.1, 0.15) is 0 Å². The topological polar surface area (TPSA) is 56.7 Å². The van der Waals surface area contributed by atoms with Crippen LogP contribution in [0, 0.1) is 12.1 Å². The zero-order chi connectivity index (χ0) is 34.9. The van der Waals surface area contributed by atoms with E-state index >= 15 is 0 Å².